The second-order valence-corrected chi connectivity index (χ2v) is 7.34. The van der Waals surface area contributed by atoms with E-state index in [4.69, 9.17) is 16.3 Å². The molecule has 1 fully saturated rings. The number of imidazole rings is 1. The number of carbonyl (C=O) groups is 2. The number of hydrogen-bond acceptors (Lipinski definition) is 4. The molecule has 0 bridgehead atoms. The van der Waals surface area contributed by atoms with Crippen LogP contribution in [0.25, 0.3) is 11.0 Å². The van der Waals surface area contributed by atoms with Crippen molar-refractivity contribution >= 4 is 40.1 Å². The zero-order chi connectivity index (χ0) is 21.1. The Labute approximate surface area is 177 Å². The Balaban J connectivity index is 1.77. The first-order valence-electron chi connectivity index (χ1n) is 9.63. The fourth-order valence-electron chi connectivity index (χ4n) is 3.45. The summed E-state index contributed by atoms with van der Waals surface area (Å²) in [6, 6.07) is 12.2. The first kappa shape index (κ1) is 20.3. The molecule has 2 aromatic carbocycles. The van der Waals surface area contributed by atoms with Gasteiger partial charge in [0, 0.05) is 36.0 Å². The highest BCUT2D eigenvalue weighted by atomic mass is 35.5. The van der Waals surface area contributed by atoms with E-state index in [2.05, 4.69) is 9.98 Å². The van der Waals surface area contributed by atoms with Gasteiger partial charge in [-0.2, -0.15) is 4.99 Å². The third-order valence-electron chi connectivity index (χ3n) is 4.89. The second kappa shape index (κ2) is 8.83. The molecule has 8 nitrogen and oxygen atoms in total. The number of morpholine rings is 1. The Morgan fingerprint density at radius 2 is 2.13 bits per heavy atom. The number of amides is 2. The standard InChI is InChI=1S/C21H21ClN4O4/c22-15-4-1-3-14(11-15)20(29)24-21-23-17-12-16(25-8-10-30-13-19(25)28)5-6-18(17)26(21)7-2-9-27/h1,3-6,11-12,27H,2,7-10,13H2,(H,23,24,29). The molecule has 2 heterocycles. The summed E-state index contributed by atoms with van der Waals surface area (Å²) in [6.07, 6.45) is 0.509. The van der Waals surface area contributed by atoms with Crippen LogP contribution in [0, 0.1) is 0 Å². The van der Waals surface area contributed by atoms with Crippen LogP contribution in [0.4, 0.5) is 5.69 Å². The molecule has 3 aromatic rings. The van der Waals surface area contributed by atoms with E-state index in [9.17, 15) is 14.7 Å². The van der Waals surface area contributed by atoms with Crippen molar-refractivity contribution in [3.63, 3.8) is 0 Å². The number of halogens is 1. The number of aromatic amines is 1. The number of fused-ring (bicyclic) bond motifs is 1. The minimum absolute atomic E-state index is 0.0156. The number of H-pyrrole nitrogens is 1. The molecular formula is C21H21ClN4O4. The van der Waals surface area contributed by atoms with Crippen LogP contribution in [0.15, 0.2) is 47.5 Å². The van der Waals surface area contributed by atoms with Gasteiger partial charge in [-0.15, -0.1) is 0 Å². The number of nitrogens with zero attached hydrogens (tertiary/aromatic N) is 3. The van der Waals surface area contributed by atoms with E-state index in [1.165, 1.54) is 0 Å². The highest BCUT2D eigenvalue weighted by molar-refractivity contribution is 6.31. The Bertz CT molecular complexity index is 1170. The number of carbonyl (C=O) groups excluding carboxylic acids is 2. The number of aromatic nitrogens is 2. The van der Waals surface area contributed by atoms with Gasteiger partial charge in [-0.25, -0.2) is 0 Å². The molecule has 1 aliphatic heterocycles. The van der Waals surface area contributed by atoms with E-state index in [1.54, 1.807) is 29.2 Å². The Morgan fingerprint density at radius 1 is 1.27 bits per heavy atom. The molecule has 1 aliphatic rings. The highest BCUT2D eigenvalue weighted by Gasteiger charge is 2.21. The fraction of sp³-hybridized carbons (Fsp3) is 0.286. The normalized spacial score (nSPS) is 15.2. The summed E-state index contributed by atoms with van der Waals surface area (Å²) < 4.78 is 7.04. The van der Waals surface area contributed by atoms with Crippen molar-refractivity contribution in [3.05, 3.63) is 58.7 Å². The van der Waals surface area contributed by atoms with Crippen LogP contribution in [0.1, 0.15) is 16.8 Å². The van der Waals surface area contributed by atoms with Crippen LogP contribution in [-0.4, -0.2) is 52.8 Å². The van der Waals surface area contributed by atoms with Crippen LogP contribution in [0.5, 0.6) is 0 Å². The number of aliphatic hydroxyl groups is 1. The number of aryl methyl sites for hydroxylation is 1. The molecule has 4 rings (SSSR count). The molecule has 0 saturated carbocycles. The van der Waals surface area contributed by atoms with Crippen LogP contribution in [0.2, 0.25) is 5.02 Å². The Kier molecular flexibility index (Phi) is 5.98. The molecule has 0 unspecified atom stereocenters. The fourth-order valence-corrected chi connectivity index (χ4v) is 3.64. The topological polar surface area (TPSA) is 99.9 Å². The van der Waals surface area contributed by atoms with Gasteiger partial charge in [0.05, 0.1) is 17.6 Å². The van der Waals surface area contributed by atoms with Gasteiger partial charge in [-0.05, 0) is 42.8 Å². The minimum Gasteiger partial charge on any atom is -0.396 e. The van der Waals surface area contributed by atoms with E-state index >= 15 is 0 Å². The van der Waals surface area contributed by atoms with Crippen molar-refractivity contribution in [3.8, 4) is 0 Å². The number of benzene rings is 2. The smallest absolute Gasteiger partial charge is 0.280 e. The average molecular weight is 429 g/mol. The summed E-state index contributed by atoms with van der Waals surface area (Å²) in [5.41, 5.74) is 3.07. The van der Waals surface area contributed by atoms with Crippen LogP contribution < -0.4 is 10.5 Å². The van der Waals surface area contributed by atoms with Crippen LogP contribution in [0.3, 0.4) is 0 Å². The first-order chi connectivity index (χ1) is 14.6. The number of hydrogen-bond donors (Lipinski definition) is 2. The summed E-state index contributed by atoms with van der Waals surface area (Å²) in [5, 5.41) is 9.73. The summed E-state index contributed by atoms with van der Waals surface area (Å²) in [7, 11) is 0. The van der Waals surface area contributed by atoms with Gasteiger partial charge in [-0.1, -0.05) is 17.7 Å². The van der Waals surface area contributed by atoms with Crippen molar-refractivity contribution in [2.45, 2.75) is 13.0 Å². The largest absolute Gasteiger partial charge is 0.396 e. The zero-order valence-electron chi connectivity index (χ0n) is 16.2. The zero-order valence-corrected chi connectivity index (χ0v) is 16.9. The molecule has 1 saturated heterocycles. The lowest BCUT2D eigenvalue weighted by molar-refractivity contribution is -0.125. The molecule has 30 heavy (non-hydrogen) atoms. The number of nitrogens with one attached hydrogen (secondary N) is 1. The Hall–Kier alpha value is -2.94. The Morgan fingerprint density at radius 3 is 2.90 bits per heavy atom. The summed E-state index contributed by atoms with van der Waals surface area (Å²) >= 11 is 5.98. The number of ether oxygens (including phenoxy) is 1. The molecule has 0 radical (unpaired) electrons. The lowest BCUT2D eigenvalue weighted by atomic mass is 10.2. The van der Waals surface area contributed by atoms with Crippen molar-refractivity contribution in [1.29, 1.82) is 0 Å². The van der Waals surface area contributed by atoms with Gasteiger partial charge in [0.1, 0.15) is 6.61 Å². The maximum atomic E-state index is 12.7. The van der Waals surface area contributed by atoms with Crippen molar-refractivity contribution < 1.29 is 19.4 Å². The molecule has 1 aromatic heterocycles. The first-order valence-corrected chi connectivity index (χ1v) is 10.0. The van der Waals surface area contributed by atoms with Crippen LogP contribution in [-0.2, 0) is 16.1 Å². The maximum absolute atomic E-state index is 12.7. The number of rotatable bonds is 5. The van der Waals surface area contributed by atoms with Crippen molar-refractivity contribution in [1.82, 2.24) is 9.55 Å². The predicted octanol–water partition coefficient (Wildman–Crippen LogP) is 2.11. The third-order valence-corrected chi connectivity index (χ3v) is 5.12. The molecule has 0 spiro atoms. The summed E-state index contributed by atoms with van der Waals surface area (Å²) in [6.45, 7) is 1.53. The lowest BCUT2D eigenvalue weighted by Gasteiger charge is -2.26. The summed E-state index contributed by atoms with van der Waals surface area (Å²) in [4.78, 5) is 33.9. The summed E-state index contributed by atoms with van der Waals surface area (Å²) in [5.74, 6) is -0.522. The third kappa shape index (κ3) is 4.16. The van der Waals surface area contributed by atoms with E-state index in [-0.39, 0.29) is 19.1 Å². The monoisotopic (exact) mass is 428 g/mol. The predicted molar refractivity (Wildman–Crippen MR) is 113 cm³/mol. The van der Waals surface area contributed by atoms with Gasteiger partial charge in [-0.3, -0.25) is 9.59 Å². The van der Waals surface area contributed by atoms with E-state index in [0.29, 0.717) is 42.3 Å². The SMILES string of the molecule is O=C(/N=c1\[nH]c2cc(N3CCOCC3=O)ccc2n1CCCO)c1cccc(Cl)c1. The van der Waals surface area contributed by atoms with E-state index in [1.807, 2.05) is 22.8 Å². The quantitative estimate of drug-likeness (QED) is 0.650. The van der Waals surface area contributed by atoms with Gasteiger partial charge < -0.3 is 24.3 Å². The molecular weight excluding hydrogens is 408 g/mol. The van der Waals surface area contributed by atoms with Gasteiger partial charge in [0.2, 0.25) is 5.62 Å². The second-order valence-electron chi connectivity index (χ2n) is 6.90. The van der Waals surface area contributed by atoms with E-state index < -0.39 is 5.91 Å². The highest BCUT2D eigenvalue weighted by Crippen LogP contribution is 2.22. The average Bonchev–Trinajstić information content (AvgIpc) is 3.08. The number of anilines is 1. The van der Waals surface area contributed by atoms with Crippen molar-refractivity contribution in [2.24, 2.45) is 4.99 Å². The lowest BCUT2D eigenvalue weighted by Crippen LogP contribution is -2.41. The molecule has 2 N–H and O–H groups in total. The maximum Gasteiger partial charge on any atom is 0.280 e. The van der Waals surface area contributed by atoms with Gasteiger partial charge >= 0.3 is 0 Å². The molecule has 0 atom stereocenters. The minimum atomic E-state index is -0.426. The van der Waals surface area contributed by atoms with Crippen LogP contribution >= 0.6 is 11.6 Å². The van der Waals surface area contributed by atoms with Gasteiger partial charge in [0.15, 0.2) is 0 Å². The number of aliphatic hydroxyl groups excluding tert-OH is 1. The molecule has 0 aliphatic carbocycles. The van der Waals surface area contributed by atoms with Crippen molar-refractivity contribution in [2.75, 3.05) is 31.3 Å². The van der Waals surface area contributed by atoms with Gasteiger partial charge in [0.25, 0.3) is 11.8 Å². The van der Waals surface area contributed by atoms with E-state index in [0.717, 1.165) is 16.7 Å². The molecule has 2 amide bonds. The molecule has 9 heteroatoms. The molecule has 156 valence electrons.